The van der Waals surface area contributed by atoms with Crippen LogP contribution in [0.25, 0.3) is 17.0 Å². The molecular formula is C28H29N3OS. The predicted octanol–water partition coefficient (Wildman–Crippen LogP) is 5.61. The average Bonchev–Trinajstić information content (AvgIpc) is 3.54. The number of amides is 1. The first-order valence-electron chi connectivity index (χ1n) is 11.6. The van der Waals surface area contributed by atoms with Crippen LogP contribution in [0.15, 0.2) is 83.7 Å². The number of piperazine rings is 1. The van der Waals surface area contributed by atoms with Crippen molar-refractivity contribution >= 4 is 34.2 Å². The summed E-state index contributed by atoms with van der Waals surface area (Å²) in [6.07, 6.45) is 6.98. The van der Waals surface area contributed by atoms with Gasteiger partial charge in [-0.1, -0.05) is 60.7 Å². The van der Waals surface area contributed by atoms with Crippen molar-refractivity contribution in [2.45, 2.75) is 12.3 Å². The Kier molecular flexibility index (Phi) is 6.70. The number of carbonyl (C=O) groups excluding carboxylic acids is 1. The van der Waals surface area contributed by atoms with E-state index in [1.165, 1.54) is 22.1 Å². The molecule has 1 amide bonds. The first-order valence-corrected chi connectivity index (χ1v) is 12.5. The number of nitrogens with one attached hydrogen (secondary N) is 1. The van der Waals surface area contributed by atoms with Crippen LogP contribution in [0.4, 0.5) is 0 Å². The zero-order valence-corrected chi connectivity index (χ0v) is 19.5. The molecule has 0 radical (unpaired) electrons. The SMILES string of the molecule is O=C(CC(c1ccsc1)c1c[nH]c2ccccc12)N1CCN(CC=Cc2ccccc2)CC1. The zero-order chi connectivity index (χ0) is 22.5. The van der Waals surface area contributed by atoms with Gasteiger partial charge in [0, 0.05) is 62.2 Å². The van der Waals surface area contributed by atoms with Crippen molar-refractivity contribution < 1.29 is 4.79 Å². The van der Waals surface area contributed by atoms with Crippen LogP contribution in [-0.2, 0) is 4.79 Å². The van der Waals surface area contributed by atoms with Crippen molar-refractivity contribution in [3.63, 3.8) is 0 Å². The maximum atomic E-state index is 13.3. The molecule has 0 saturated carbocycles. The minimum absolute atomic E-state index is 0.0757. The molecule has 0 aliphatic carbocycles. The highest BCUT2D eigenvalue weighted by atomic mass is 32.1. The number of benzene rings is 2. The fraction of sp³-hybridized carbons (Fsp3) is 0.250. The lowest BCUT2D eigenvalue weighted by Gasteiger charge is -2.35. The van der Waals surface area contributed by atoms with Gasteiger partial charge in [-0.2, -0.15) is 11.3 Å². The second-order valence-electron chi connectivity index (χ2n) is 8.60. The minimum Gasteiger partial charge on any atom is -0.361 e. The molecule has 168 valence electrons. The number of nitrogens with zero attached hydrogens (tertiary/aromatic N) is 2. The van der Waals surface area contributed by atoms with E-state index in [1.807, 2.05) is 17.0 Å². The summed E-state index contributed by atoms with van der Waals surface area (Å²) in [6.45, 7) is 4.34. The molecule has 0 spiro atoms. The number of carbonyl (C=O) groups is 1. The van der Waals surface area contributed by atoms with E-state index in [0.29, 0.717) is 6.42 Å². The van der Waals surface area contributed by atoms with Crippen molar-refractivity contribution in [2.24, 2.45) is 0 Å². The van der Waals surface area contributed by atoms with Gasteiger partial charge in [0.05, 0.1) is 0 Å². The number of hydrogen-bond donors (Lipinski definition) is 1. The molecule has 2 aromatic carbocycles. The van der Waals surface area contributed by atoms with Gasteiger partial charge >= 0.3 is 0 Å². The minimum atomic E-state index is 0.0757. The number of H-pyrrole nitrogens is 1. The summed E-state index contributed by atoms with van der Waals surface area (Å²) < 4.78 is 0. The zero-order valence-electron chi connectivity index (χ0n) is 18.7. The Hall–Kier alpha value is -3.15. The molecule has 5 heteroatoms. The van der Waals surface area contributed by atoms with E-state index < -0.39 is 0 Å². The lowest BCUT2D eigenvalue weighted by Crippen LogP contribution is -2.48. The molecule has 1 saturated heterocycles. The Morgan fingerprint density at radius 3 is 2.58 bits per heavy atom. The molecule has 1 atom stereocenters. The highest BCUT2D eigenvalue weighted by molar-refractivity contribution is 7.08. The Morgan fingerprint density at radius 2 is 1.79 bits per heavy atom. The third-order valence-electron chi connectivity index (χ3n) is 6.52. The van der Waals surface area contributed by atoms with Crippen LogP contribution < -0.4 is 0 Å². The van der Waals surface area contributed by atoms with Crippen molar-refractivity contribution in [3.05, 3.63) is 100 Å². The second-order valence-corrected chi connectivity index (χ2v) is 9.38. The summed E-state index contributed by atoms with van der Waals surface area (Å²) >= 11 is 1.69. The van der Waals surface area contributed by atoms with Crippen LogP contribution in [0.1, 0.15) is 29.0 Å². The van der Waals surface area contributed by atoms with Gasteiger partial charge in [0.25, 0.3) is 0 Å². The number of aromatic amines is 1. The average molecular weight is 456 g/mol. The first-order chi connectivity index (χ1) is 16.3. The van der Waals surface area contributed by atoms with Crippen LogP contribution in [0, 0.1) is 0 Å². The van der Waals surface area contributed by atoms with Gasteiger partial charge < -0.3 is 9.88 Å². The predicted molar refractivity (Wildman–Crippen MR) is 138 cm³/mol. The van der Waals surface area contributed by atoms with Crippen LogP contribution in [-0.4, -0.2) is 53.4 Å². The maximum Gasteiger partial charge on any atom is 0.223 e. The van der Waals surface area contributed by atoms with Crippen molar-refractivity contribution in [1.82, 2.24) is 14.8 Å². The van der Waals surface area contributed by atoms with Gasteiger partial charge in [-0.25, -0.2) is 0 Å². The van der Waals surface area contributed by atoms with Crippen molar-refractivity contribution in [3.8, 4) is 0 Å². The second kappa shape index (κ2) is 10.2. The fourth-order valence-electron chi connectivity index (χ4n) is 4.65. The Bertz CT molecular complexity index is 1200. The van der Waals surface area contributed by atoms with E-state index in [0.717, 1.165) is 38.2 Å². The molecule has 1 aliphatic rings. The Morgan fingerprint density at radius 1 is 1.00 bits per heavy atom. The lowest BCUT2D eigenvalue weighted by atomic mass is 9.89. The summed E-state index contributed by atoms with van der Waals surface area (Å²) in [5.41, 5.74) is 4.78. The number of para-hydroxylation sites is 1. The molecule has 5 rings (SSSR count). The van der Waals surface area contributed by atoms with E-state index in [4.69, 9.17) is 0 Å². The van der Waals surface area contributed by atoms with Gasteiger partial charge in [0.15, 0.2) is 0 Å². The van der Waals surface area contributed by atoms with Gasteiger partial charge in [-0.3, -0.25) is 9.69 Å². The van der Waals surface area contributed by atoms with Crippen LogP contribution in [0.3, 0.4) is 0 Å². The van der Waals surface area contributed by atoms with E-state index in [9.17, 15) is 4.79 Å². The van der Waals surface area contributed by atoms with E-state index in [2.05, 4.69) is 87.5 Å². The monoisotopic (exact) mass is 455 g/mol. The Balaban J connectivity index is 1.21. The smallest absolute Gasteiger partial charge is 0.223 e. The fourth-order valence-corrected chi connectivity index (χ4v) is 5.36. The molecule has 2 aromatic heterocycles. The normalized spacial score (nSPS) is 15.9. The molecule has 4 nitrogen and oxygen atoms in total. The molecule has 1 unspecified atom stereocenters. The number of rotatable bonds is 7. The molecule has 0 bridgehead atoms. The van der Waals surface area contributed by atoms with Crippen LogP contribution >= 0.6 is 11.3 Å². The van der Waals surface area contributed by atoms with Crippen molar-refractivity contribution in [1.29, 1.82) is 0 Å². The molecule has 1 N–H and O–H groups in total. The highest BCUT2D eigenvalue weighted by Crippen LogP contribution is 2.35. The highest BCUT2D eigenvalue weighted by Gasteiger charge is 2.26. The maximum absolute atomic E-state index is 13.3. The summed E-state index contributed by atoms with van der Waals surface area (Å²) in [5.74, 6) is 0.322. The number of fused-ring (bicyclic) bond motifs is 1. The van der Waals surface area contributed by atoms with Gasteiger partial charge in [-0.15, -0.1) is 0 Å². The van der Waals surface area contributed by atoms with Crippen LogP contribution in [0.2, 0.25) is 0 Å². The third-order valence-corrected chi connectivity index (χ3v) is 7.22. The summed E-state index contributed by atoms with van der Waals surface area (Å²) in [5, 5.41) is 5.48. The Labute approximate surface area is 199 Å². The number of aromatic nitrogens is 1. The van der Waals surface area contributed by atoms with Gasteiger partial charge in [0.1, 0.15) is 0 Å². The van der Waals surface area contributed by atoms with Crippen molar-refractivity contribution in [2.75, 3.05) is 32.7 Å². The number of hydrogen-bond acceptors (Lipinski definition) is 3. The summed E-state index contributed by atoms with van der Waals surface area (Å²) in [7, 11) is 0. The molecule has 33 heavy (non-hydrogen) atoms. The van der Waals surface area contributed by atoms with E-state index >= 15 is 0 Å². The summed E-state index contributed by atoms with van der Waals surface area (Å²) in [6, 6.07) is 20.9. The number of thiophene rings is 1. The molecule has 4 aromatic rings. The quantitative estimate of drug-likeness (QED) is 0.393. The third kappa shape index (κ3) is 5.10. The lowest BCUT2D eigenvalue weighted by molar-refractivity contribution is -0.133. The molecular weight excluding hydrogens is 426 g/mol. The largest absolute Gasteiger partial charge is 0.361 e. The molecule has 3 heterocycles. The van der Waals surface area contributed by atoms with Crippen LogP contribution in [0.5, 0.6) is 0 Å². The standard InChI is InChI=1S/C28H29N3OS/c32-28(31-16-14-30(15-17-31)13-6-9-22-7-2-1-3-8-22)19-25(23-12-18-33-21-23)26-20-29-27-11-5-4-10-24(26)27/h1-12,18,20-21,25,29H,13-17,19H2. The topological polar surface area (TPSA) is 39.3 Å². The van der Waals surface area contributed by atoms with Gasteiger partial charge in [-0.05, 0) is 39.6 Å². The van der Waals surface area contributed by atoms with E-state index in [1.54, 1.807) is 11.3 Å². The first kappa shape index (κ1) is 21.7. The molecule has 1 aliphatic heterocycles. The van der Waals surface area contributed by atoms with Gasteiger partial charge in [0.2, 0.25) is 5.91 Å². The molecule has 1 fully saturated rings. The summed E-state index contributed by atoms with van der Waals surface area (Å²) in [4.78, 5) is 21.2. The van der Waals surface area contributed by atoms with E-state index in [-0.39, 0.29) is 11.8 Å².